The van der Waals surface area contributed by atoms with Crippen molar-refractivity contribution in [3.63, 3.8) is 0 Å². The van der Waals surface area contributed by atoms with Gasteiger partial charge in [0.2, 0.25) is 0 Å². The van der Waals surface area contributed by atoms with Crippen molar-refractivity contribution in [1.82, 2.24) is 14.8 Å². The first-order chi connectivity index (χ1) is 12.3. The van der Waals surface area contributed by atoms with Crippen molar-refractivity contribution < 1.29 is 14.7 Å². The number of hydrogen-bond donors (Lipinski definition) is 2. The molecule has 6 nitrogen and oxygen atoms in total. The highest BCUT2D eigenvalue weighted by molar-refractivity contribution is 6.31. The first kappa shape index (κ1) is 18.6. The van der Waals surface area contributed by atoms with Gasteiger partial charge in [-0.1, -0.05) is 24.6 Å². The minimum Gasteiger partial charge on any atom is -0.481 e. The van der Waals surface area contributed by atoms with Crippen molar-refractivity contribution in [2.75, 3.05) is 19.6 Å². The Kier molecular flexibility index (Phi) is 5.41. The van der Waals surface area contributed by atoms with Gasteiger partial charge in [0, 0.05) is 48.8 Å². The summed E-state index contributed by atoms with van der Waals surface area (Å²) in [5.41, 5.74) is 2.21. The van der Waals surface area contributed by atoms with Gasteiger partial charge in [0.1, 0.15) is 0 Å². The quantitative estimate of drug-likeness (QED) is 0.859. The molecule has 0 saturated carbocycles. The van der Waals surface area contributed by atoms with E-state index in [-0.39, 0.29) is 18.5 Å². The predicted octanol–water partition coefficient (Wildman–Crippen LogP) is 3.13. The average Bonchev–Trinajstić information content (AvgIpc) is 2.89. The van der Waals surface area contributed by atoms with Crippen molar-refractivity contribution in [1.29, 1.82) is 0 Å². The number of amides is 2. The second-order valence-electron chi connectivity index (χ2n) is 7.19. The lowest BCUT2D eigenvalue weighted by molar-refractivity contribution is -0.143. The number of rotatable bonds is 4. The maximum Gasteiger partial charge on any atom is 0.317 e. The number of fused-ring (bicyclic) bond motifs is 1. The molecule has 1 fully saturated rings. The van der Waals surface area contributed by atoms with E-state index in [4.69, 9.17) is 11.6 Å². The van der Waals surface area contributed by atoms with E-state index in [2.05, 4.69) is 11.5 Å². The number of halogens is 1. The number of aromatic nitrogens is 1. The number of piperidine rings is 1. The number of nitrogens with zero attached hydrogens (tertiary/aromatic N) is 2. The molecule has 2 aromatic rings. The fourth-order valence-corrected chi connectivity index (χ4v) is 3.92. The van der Waals surface area contributed by atoms with Crippen LogP contribution in [-0.4, -0.2) is 46.2 Å². The fourth-order valence-electron chi connectivity index (χ4n) is 3.75. The van der Waals surface area contributed by atoms with Crippen LogP contribution in [-0.2, 0) is 18.3 Å². The van der Waals surface area contributed by atoms with Crippen LogP contribution in [0.3, 0.4) is 0 Å². The van der Waals surface area contributed by atoms with Crippen molar-refractivity contribution in [3.8, 4) is 0 Å². The zero-order valence-corrected chi connectivity index (χ0v) is 15.8. The molecule has 1 aromatic carbocycles. The van der Waals surface area contributed by atoms with Crippen LogP contribution >= 0.6 is 11.6 Å². The van der Waals surface area contributed by atoms with Crippen LogP contribution in [0.1, 0.15) is 18.9 Å². The molecule has 0 spiro atoms. The molecular formula is C19H24ClN3O3. The molecule has 26 heavy (non-hydrogen) atoms. The monoisotopic (exact) mass is 377 g/mol. The fraction of sp³-hybridized carbons (Fsp3) is 0.474. The highest BCUT2D eigenvalue weighted by atomic mass is 35.5. The first-order valence-corrected chi connectivity index (χ1v) is 9.22. The van der Waals surface area contributed by atoms with Gasteiger partial charge >= 0.3 is 12.0 Å². The molecule has 1 saturated heterocycles. The highest BCUT2D eigenvalue weighted by Crippen LogP contribution is 2.24. The highest BCUT2D eigenvalue weighted by Gasteiger charge is 2.31. The SMILES string of the molecule is CC1CC(C(=O)O)CN(C(=O)NCCc2cn(C)c3cc(Cl)ccc23)C1. The Morgan fingerprint density at radius 3 is 2.85 bits per heavy atom. The Balaban J connectivity index is 1.59. The molecule has 1 aromatic heterocycles. The molecule has 2 amide bonds. The van der Waals surface area contributed by atoms with E-state index >= 15 is 0 Å². The number of aliphatic carboxylic acids is 1. The summed E-state index contributed by atoms with van der Waals surface area (Å²) in [5, 5.41) is 14.0. The minimum absolute atomic E-state index is 0.189. The number of carboxylic acids is 1. The average molecular weight is 378 g/mol. The summed E-state index contributed by atoms with van der Waals surface area (Å²) in [6, 6.07) is 5.61. The Bertz CT molecular complexity index is 833. The molecule has 2 atom stereocenters. The summed E-state index contributed by atoms with van der Waals surface area (Å²) >= 11 is 6.06. The van der Waals surface area contributed by atoms with Gasteiger partial charge in [-0.05, 0) is 36.5 Å². The maximum atomic E-state index is 12.4. The predicted molar refractivity (Wildman–Crippen MR) is 102 cm³/mol. The lowest BCUT2D eigenvalue weighted by Crippen LogP contribution is -2.49. The van der Waals surface area contributed by atoms with Gasteiger partial charge in [-0.2, -0.15) is 0 Å². The molecule has 7 heteroatoms. The zero-order chi connectivity index (χ0) is 18.8. The van der Waals surface area contributed by atoms with Crippen LogP contribution in [0, 0.1) is 11.8 Å². The number of urea groups is 1. The Morgan fingerprint density at radius 1 is 1.35 bits per heavy atom. The summed E-state index contributed by atoms with van der Waals surface area (Å²) in [4.78, 5) is 25.3. The van der Waals surface area contributed by atoms with E-state index in [1.54, 1.807) is 4.90 Å². The minimum atomic E-state index is -0.830. The molecule has 2 unspecified atom stereocenters. The summed E-state index contributed by atoms with van der Waals surface area (Å²) in [5.74, 6) is -1.12. The van der Waals surface area contributed by atoms with E-state index < -0.39 is 11.9 Å². The lowest BCUT2D eigenvalue weighted by Gasteiger charge is -2.34. The summed E-state index contributed by atoms with van der Waals surface area (Å²) < 4.78 is 2.03. The molecule has 0 aliphatic carbocycles. The number of carboxylic acid groups (broad SMARTS) is 1. The van der Waals surface area contributed by atoms with Gasteiger partial charge in [0.15, 0.2) is 0 Å². The third kappa shape index (κ3) is 3.96. The number of hydrogen-bond acceptors (Lipinski definition) is 2. The maximum absolute atomic E-state index is 12.4. The second-order valence-corrected chi connectivity index (χ2v) is 7.63. The Morgan fingerprint density at radius 2 is 2.12 bits per heavy atom. The van der Waals surface area contributed by atoms with Gasteiger partial charge < -0.3 is 19.9 Å². The third-order valence-electron chi connectivity index (χ3n) is 5.00. The third-order valence-corrected chi connectivity index (χ3v) is 5.24. The molecule has 0 bridgehead atoms. The van der Waals surface area contributed by atoms with Crippen molar-refractivity contribution in [3.05, 3.63) is 35.0 Å². The smallest absolute Gasteiger partial charge is 0.317 e. The van der Waals surface area contributed by atoms with Gasteiger partial charge in [-0.25, -0.2) is 4.79 Å². The Hall–Kier alpha value is -2.21. The van der Waals surface area contributed by atoms with Crippen molar-refractivity contribution in [2.45, 2.75) is 19.8 Å². The van der Waals surface area contributed by atoms with E-state index in [9.17, 15) is 14.7 Å². The summed E-state index contributed by atoms with van der Waals surface area (Å²) in [6.07, 6.45) is 3.38. The van der Waals surface area contributed by atoms with Crippen LogP contribution in [0.25, 0.3) is 10.9 Å². The molecule has 1 aliphatic heterocycles. The van der Waals surface area contributed by atoms with Crippen LogP contribution in [0.15, 0.2) is 24.4 Å². The number of carbonyl (C=O) groups excluding carboxylic acids is 1. The normalized spacial score (nSPS) is 20.3. The van der Waals surface area contributed by atoms with Crippen LogP contribution in [0.4, 0.5) is 4.79 Å². The largest absolute Gasteiger partial charge is 0.481 e. The topological polar surface area (TPSA) is 74.6 Å². The van der Waals surface area contributed by atoms with Crippen molar-refractivity contribution in [2.24, 2.45) is 18.9 Å². The summed E-state index contributed by atoms with van der Waals surface area (Å²) in [7, 11) is 1.97. The van der Waals surface area contributed by atoms with Gasteiger partial charge in [-0.15, -0.1) is 0 Å². The number of benzene rings is 1. The van der Waals surface area contributed by atoms with Crippen LogP contribution in [0.5, 0.6) is 0 Å². The second kappa shape index (κ2) is 7.58. The lowest BCUT2D eigenvalue weighted by atomic mass is 9.91. The number of likely N-dealkylation sites (tertiary alicyclic amines) is 1. The molecule has 140 valence electrons. The molecule has 3 rings (SSSR count). The van der Waals surface area contributed by atoms with E-state index in [1.807, 2.05) is 36.7 Å². The van der Waals surface area contributed by atoms with E-state index in [0.717, 1.165) is 16.5 Å². The number of carbonyl (C=O) groups is 2. The van der Waals surface area contributed by atoms with Gasteiger partial charge in [-0.3, -0.25) is 4.79 Å². The molecule has 0 radical (unpaired) electrons. The number of aryl methyl sites for hydroxylation is 1. The first-order valence-electron chi connectivity index (χ1n) is 8.84. The zero-order valence-electron chi connectivity index (χ0n) is 15.0. The van der Waals surface area contributed by atoms with Crippen molar-refractivity contribution >= 4 is 34.5 Å². The van der Waals surface area contributed by atoms with E-state index in [0.29, 0.717) is 31.0 Å². The van der Waals surface area contributed by atoms with Gasteiger partial charge in [0.05, 0.1) is 5.92 Å². The summed E-state index contributed by atoms with van der Waals surface area (Å²) in [6.45, 7) is 3.36. The molecular weight excluding hydrogens is 354 g/mol. The Labute approximate surface area is 157 Å². The molecule has 2 heterocycles. The van der Waals surface area contributed by atoms with Gasteiger partial charge in [0.25, 0.3) is 0 Å². The van der Waals surface area contributed by atoms with E-state index in [1.165, 1.54) is 0 Å². The molecule has 2 N–H and O–H groups in total. The van der Waals surface area contributed by atoms with Crippen LogP contribution in [0.2, 0.25) is 5.02 Å². The number of nitrogens with one attached hydrogen (secondary N) is 1. The van der Waals surface area contributed by atoms with Crippen LogP contribution < -0.4 is 5.32 Å². The molecule has 1 aliphatic rings. The standard InChI is InChI=1S/C19H24ClN3O3/c1-12-7-14(18(24)25)11-23(9-12)19(26)21-6-5-13-10-22(2)17-8-15(20)3-4-16(13)17/h3-4,8,10,12,14H,5-7,9,11H2,1-2H3,(H,21,26)(H,24,25).